The number of benzene rings is 1. The van der Waals surface area contributed by atoms with Crippen LogP contribution in [0.25, 0.3) is 0 Å². The van der Waals surface area contributed by atoms with Gasteiger partial charge in [-0.15, -0.1) is 0 Å². The van der Waals surface area contributed by atoms with Gasteiger partial charge < -0.3 is 15.0 Å². The van der Waals surface area contributed by atoms with Crippen molar-refractivity contribution in [2.75, 3.05) is 20.3 Å². The van der Waals surface area contributed by atoms with Gasteiger partial charge in [-0.2, -0.15) is 0 Å². The number of hydrogen-bond donors (Lipinski definition) is 1. The number of ether oxygens (including phenoxy) is 1. The first-order chi connectivity index (χ1) is 12.1. The zero-order valence-corrected chi connectivity index (χ0v) is 15.2. The molecule has 1 saturated heterocycles. The number of rotatable bonds is 6. The van der Waals surface area contributed by atoms with Gasteiger partial charge in [-0.3, -0.25) is 9.59 Å². The molecule has 1 saturated carbocycles. The van der Waals surface area contributed by atoms with Crippen LogP contribution >= 0.6 is 0 Å². The van der Waals surface area contributed by atoms with E-state index in [2.05, 4.69) is 5.32 Å². The Balaban J connectivity index is 1.85. The highest BCUT2D eigenvalue weighted by Crippen LogP contribution is 2.39. The molecular formula is C20H28N2O3. The van der Waals surface area contributed by atoms with Crippen molar-refractivity contribution in [1.29, 1.82) is 0 Å². The Morgan fingerprint density at radius 1 is 1.28 bits per heavy atom. The summed E-state index contributed by atoms with van der Waals surface area (Å²) in [5.74, 6) is -0.267. The maximum atomic E-state index is 12.9. The molecule has 5 nitrogen and oxygen atoms in total. The molecule has 1 aliphatic carbocycles. The molecule has 1 aliphatic heterocycles. The topological polar surface area (TPSA) is 58.6 Å². The Bertz CT molecular complexity index is 625. The molecule has 2 atom stereocenters. The molecule has 0 radical (unpaired) electrons. The van der Waals surface area contributed by atoms with Gasteiger partial charge in [-0.25, -0.2) is 0 Å². The second-order valence-electron chi connectivity index (χ2n) is 7.18. The van der Waals surface area contributed by atoms with Gasteiger partial charge in [0, 0.05) is 26.1 Å². The molecule has 5 heteroatoms. The zero-order chi connectivity index (χ0) is 17.8. The molecular weight excluding hydrogens is 316 g/mol. The summed E-state index contributed by atoms with van der Waals surface area (Å²) in [5, 5.41) is 3.19. The Hall–Kier alpha value is -1.88. The van der Waals surface area contributed by atoms with E-state index < -0.39 is 0 Å². The third-order valence-corrected chi connectivity index (χ3v) is 5.51. The highest BCUT2D eigenvalue weighted by Gasteiger charge is 2.45. The molecule has 0 bridgehead atoms. The molecule has 0 unspecified atom stereocenters. The van der Waals surface area contributed by atoms with Gasteiger partial charge in [0.1, 0.15) is 0 Å². The maximum absolute atomic E-state index is 12.9. The van der Waals surface area contributed by atoms with Crippen LogP contribution < -0.4 is 5.32 Å². The van der Waals surface area contributed by atoms with Crippen LogP contribution in [0.2, 0.25) is 0 Å². The first-order valence-corrected chi connectivity index (χ1v) is 9.26. The first kappa shape index (κ1) is 17.9. The van der Waals surface area contributed by atoms with E-state index in [1.165, 1.54) is 12.8 Å². The van der Waals surface area contributed by atoms with E-state index in [1.54, 1.807) is 7.11 Å². The quantitative estimate of drug-likeness (QED) is 0.863. The molecule has 1 N–H and O–H groups in total. The number of methoxy groups -OCH3 is 1. The minimum atomic E-state index is -0.328. The second kappa shape index (κ2) is 8.00. The molecule has 1 aromatic carbocycles. The number of nitrogens with one attached hydrogen (secondary N) is 1. The monoisotopic (exact) mass is 344 g/mol. The van der Waals surface area contributed by atoms with Gasteiger partial charge in [-0.05, 0) is 30.9 Å². The van der Waals surface area contributed by atoms with Crippen molar-refractivity contribution in [3.05, 3.63) is 35.4 Å². The lowest BCUT2D eigenvalue weighted by atomic mass is 9.90. The van der Waals surface area contributed by atoms with Gasteiger partial charge in [-0.1, -0.05) is 37.1 Å². The van der Waals surface area contributed by atoms with Crippen LogP contribution in [0.15, 0.2) is 24.3 Å². The number of aryl methyl sites for hydroxylation is 1. The van der Waals surface area contributed by atoms with Crippen LogP contribution in [0.4, 0.5) is 0 Å². The Morgan fingerprint density at radius 3 is 2.68 bits per heavy atom. The Kier molecular flexibility index (Phi) is 5.74. The SMILES string of the molecule is COCCN1C(=O)C[C@@H](C(=O)NC2CCCC2)[C@@H]1c1ccccc1C. The lowest BCUT2D eigenvalue weighted by Crippen LogP contribution is -2.40. The number of carbonyl (C=O) groups is 2. The largest absolute Gasteiger partial charge is 0.383 e. The van der Waals surface area contributed by atoms with Crippen LogP contribution in [0.1, 0.15) is 49.3 Å². The van der Waals surface area contributed by atoms with Crippen molar-refractivity contribution in [2.24, 2.45) is 5.92 Å². The zero-order valence-electron chi connectivity index (χ0n) is 15.2. The summed E-state index contributed by atoms with van der Waals surface area (Å²) in [6.45, 7) is 3.03. The number of hydrogen-bond acceptors (Lipinski definition) is 3. The number of carbonyl (C=O) groups excluding carboxylic acids is 2. The molecule has 136 valence electrons. The number of likely N-dealkylation sites (tertiary alicyclic amines) is 1. The van der Waals surface area contributed by atoms with E-state index in [9.17, 15) is 9.59 Å². The first-order valence-electron chi connectivity index (χ1n) is 9.26. The van der Waals surface area contributed by atoms with Gasteiger partial charge >= 0.3 is 0 Å². The molecule has 1 heterocycles. The van der Waals surface area contributed by atoms with Crippen LogP contribution in [-0.4, -0.2) is 43.0 Å². The molecule has 0 spiro atoms. The minimum absolute atomic E-state index is 0.0217. The third-order valence-electron chi connectivity index (χ3n) is 5.51. The number of amides is 2. The summed E-state index contributed by atoms with van der Waals surface area (Å²) in [5.41, 5.74) is 2.18. The summed E-state index contributed by atoms with van der Waals surface area (Å²) in [6.07, 6.45) is 4.73. The molecule has 0 aromatic heterocycles. The van der Waals surface area contributed by atoms with Crippen molar-refractivity contribution < 1.29 is 14.3 Å². The average Bonchev–Trinajstić information content (AvgIpc) is 3.21. The summed E-state index contributed by atoms with van der Waals surface area (Å²) < 4.78 is 5.18. The molecule has 2 amide bonds. The van der Waals surface area contributed by atoms with E-state index >= 15 is 0 Å². The van der Waals surface area contributed by atoms with E-state index in [4.69, 9.17) is 4.74 Å². The van der Waals surface area contributed by atoms with Gasteiger partial charge in [0.15, 0.2) is 0 Å². The van der Waals surface area contributed by atoms with E-state index in [0.717, 1.165) is 24.0 Å². The second-order valence-corrected chi connectivity index (χ2v) is 7.18. The normalized spacial score (nSPS) is 24.1. The van der Waals surface area contributed by atoms with E-state index in [-0.39, 0.29) is 36.2 Å². The predicted octanol–water partition coefficient (Wildman–Crippen LogP) is 2.59. The lowest BCUT2D eigenvalue weighted by Gasteiger charge is -2.29. The highest BCUT2D eigenvalue weighted by atomic mass is 16.5. The number of nitrogens with zero attached hydrogens (tertiary/aromatic N) is 1. The van der Waals surface area contributed by atoms with Crippen LogP contribution in [0, 0.1) is 12.8 Å². The van der Waals surface area contributed by atoms with Crippen LogP contribution in [0.3, 0.4) is 0 Å². The van der Waals surface area contributed by atoms with Gasteiger partial charge in [0.05, 0.1) is 18.6 Å². The van der Waals surface area contributed by atoms with Gasteiger partial charge in [0.25, 0.3) is 0 Å². The maximum Gasteiger partial charge on any atom is 0.226 e. The fraction of sp³-hybridized carbons (Fsp3) is 0.600. The molecule has 1 aromatic rings. The van der Waals surface area contributed by atoms with Crippen LogP contribution in [-0.2, 0) is 14.3 Å². The van der Waals surface area contributed by atoms with Gasteiger partial charge in [0.2, 0.25) is 11.8 Å². The average molecular weight is 344 g/mol. The molecule has 25 heavy (non-hydrogen) atoms. The van der Waals surface area contributed by atoms with Crippen molar-refractivity contribution in [3.8, 4) is 0 Å². The standard InChI is InChI=1S/C20H28N2O3/c1-14-7-3-6-10-16(14)19-17(13-18(23)22(19)11-12-25-2)20(24)21-15-8-4-5-9-15/h3,6-7,10,15,17,19H,4-5,8-9,11-13H2,1-2H3,(H,21,24)/t17-,19+/m1/s1. The summed E-state index contributed by atoms with van der Waals surface area (Å²) in [7, 11) is 1.63. The molecule has 2 aliphatic rings. The lowest BCUT2D eigenvalue weighted by molar-refractivity contribution is -0.129. The van der Waals surface area contributed by atoms with Crippen molar-refractivity contribution >= 4 is 11.8 Å². The Morgan fingerprint density at radius 2 is 2.00 bits per heavy atom. The third kappa shape index (κ3) is 3.87. The van der Waals surface area contributed by atoms with Crippen molar-refractivity contribution in [1.82, 2.24) is 10.2 Å². The smallest absolute Gasteiger partial charge is 0.226 e. The minimum Gasteiger partial charge on any atom is -0.383 e. The molecule has 2 fully saturated rings. The van der Waals surface area contributed by atoms with Crippen LogP contribution in [0.5, 0.6) is 0 Å². The predicted molar refractivity (Wildman–Crippen MR) is 96.0 cm³/mol. The molecule has 3 rings (SSSR count). The van der Waals surface area contributed by atoms with E-state index in [1.807, 2.05) is 36.1 Å². The van der Waals surface area contributed by atoms with Crippen molar-refractivity contribution in [3.63, 3.8) is 0 Å². The highest BCUT2D eigenvalue weighted by molar-refractivity contribution is 5.90. The van der Waals surface area contributed by atoms with E-state index in [0.29, 0.717) is 13.2 Å². The summed E-state index contributed by atoms with van der Waals surface area (Å²) in [6, 6.07) is 8.11. The fourth-order valence-corrected chi connectivity index (χ4v) is 4.16. The fourth-order valence-electron chi connectivity index (χ4n) is 4.16. The van der Waals surface area contributed by atoms with Crippen molar-refractivity contribution in [2.45, 2.75) is 51.1 Å². The Labute approximate surface area is 149 Å². The summed E-state index contributed by atoms with van der Waals surface area (Å²) in [4.78, 5) is 27.4. The summed E-state index contributed by atoms with van der Waals surface area (Å²) >= 11 is 0.